The number of fused-ring (bicyclic) bond motifs is 6. The van der Waals surface area contributed by atoms with Gasteiger partial charge in [0.25, 0.3) is 0 Å². The number of nitrogens with zero attached hydrogens (tertiary/aromatic N) is 4. The van der Waals surface area contributed by atoms with E-state index in [2.05, 4.69) is 109 Å². The third kappa shape index (κ3) is 3.59. The summed E-state index contributed by atoms with van der Waals surface area (Å²) in [4.78, 5) is 15.1. The van der Waals surface area contributed by atoms with Gasteiger partial charge >= 0.3 is 0 Å². The van der Waals surface area contributed by atoms with Crippen molar-refractivity contribution in [3.05, 3.63) is 120 Å². The fourth-order valence-electron chi connectivity index (χ4n) is 5.87. The molecule has 196 valence electrons. The summed E-state index contributed by atoms with van der Waals surface area (Å²) < 4.78 is 8.76. The Morgan fingerprint density at radius 1 is 0.659 bits per heavy atom. The van der Waals surface area contributed by atoms with Crippen molar-refractivity contribution in [3.63, 3.8) is 0 Å². The lowest BCUT2D eigenvalue weighted by molar-refractivity contribution is 0.652. The molecule has 4 aromatic carbocycles. The zero-order valence-corrected chi connectivity index (χ0v) is 23.0. The maximum Gasteiger partial charge on any atom is 0.227 e. The molecular weight excluding hydrogens is 504 g/mol. The Morgan fingerprint density at radius 3 is 2.32 bits per heavy atom. The first kappa shape index (κ1) is 23.6. The molecule has 0 bridgehead atoms. The van der Waals surface area contributed by atoms with Gasteiger partial charge in [-0.3, -0.25) is 9.55 Å². The van der Waals surface area contributed by atoms with Crippen LogP contribution >= 0.6 is 0 Å². The van der Waals surface area contributed by atoms with Crippen LogP contribution in [-0.2, 0) is 0 Å². The summed E-state index contributed by atoms with van der Waals surface area (Å²) in [5.41, 5.74) is 11.5. The molecular formula is C36H26N4O. The molecule has 4 heterocycles. The lowest BCUT2D eigenvalue weighted by Crippen LogP contribution is -2.01. The highest BCUT2D eigenvalue weighted by molar-refractivity contribution is 6.10. The monoisotopic (exact) mass is 530 g/mol. The molecule has 8 rings (SSSR count). The van der Waals surface area contributed by atoms with Crippen LogP contribution in [-0.4, -0.2) is 19.5 Å². The summed E-state index contributed by atoms with van der Waals surface area (Å²) in [5.74, 6) is 0.803. The molecule has 8 aromatic rings. The number of rotatable bonds is 3. The first-order valence-electron chi connectivity index (χ1n) is 13.8. The minimum Gasteiger partial charge on any atom is -0.437 e. The molecule has 0 saturated carbocycles. The maximum absolute atomic E-state index is 6.50. The van der Waals surface area contributed by atoms with E-state index in [1.165, 1.54) is 0 Å². The molecule has 0 atom stereocenters. The van der Waals surface area contributed by atoms with Crippen molar-refractivity contribution in [2.45, 2.75) is 20.8 Å². The van der Waals surface area contributed by atoms with E-state index in [1.54, 1.807) is 0 Å². The van der Waals surface area contributed by atoms with Crippen LogP contribution in [0.25, 0.3) is 72.2 Å². The number of hydrogen-bond acceptors (Lipinski definition) is 4. The number of aromatic nitrogens is 4. The molecule has 5 heteroatoms. The minimum atomic E-state index is 0.644. The third-order valence-corrected chi connectivity index (χ3v) is 8.02. The van der Waals surface area contributed by atoms with Crippen LogP contribution < -0.4 is 0 Å². The Hall–Kier alpha value is -5.29. The molecule has 4 aromatic heterocycles. The van der Waals surface area contributed by atoms with Gasteiger partial charge < -0.3 is 4.42 Å². The number of pyridine rings is 2. The van der Waals surface area contributed by atoms with Gasteiger partial charge in [-0.2, -0.15) is 0 Å². The van der Waals surface area contributed by atoms with Crippen molar-refractivity contribution < 1.29 is 4.42 Å². The molecule has 5 nitrogen and oxygen atoms in total. The molecule has 0 amide bonds. The predicted molar refractivity (Wildman–Crippen MR) is 167 cm³/mol. The molecule has 0 aliphatic rings. The van der Waals surface area contributed by atoms with E-state index < -0.39 is 0 Å². The van der Waals surface area contributed by atoms with Gasteiger partial charge in [-0.25, -0.2) is 9.97 Å². The minimum absolute atomic E-state index is 0.644. The van der Waals surface area contributed by atoms with Gasteiger partial charge in [-0.1, -0.05) is 72.8 Å². The van der Waals surface area contributed by atoms with Crippen molar-refractivity contribution in [3.8, 4) is 28.2 Å². The van der Waals surface area contributed by atoms with Crippen molar-refractivity contribution in [2.75, 3.05) is 0 Å². The number of benzene rings is 4. The standard InChI is InChI=1S/C36H26N4O/c1-21-20-29-27-13-9-14-28(34(27)41-36(29)38-23(21)3)35-39-30-19-18-25-17-16-22(2)37-32(25)33(30)40(35)31-15-8-7-12-26(31)24-10-5-4-6-11-24/h4-20H,1-3H3. The molecule has 0 radical (unpaired) electrons. The van der Waals surface area contributed by atoms with Crippen molar-refractivity contribution in [1.82, 2.24) is 19.5 Å². The molecule has 0 fully saturated rings. The van der Waals surface area contributed by atoms with E-state index in [1.807, 2.05) is 19.9 Å². The van der Waals surface area contributed by atoms with Crippen LogP contribution in [0.1, 0.15) is 17.0 Å². The maximum atomic E-state index is 6.50. The predicted octanol–water partition coefficient (Wildman–Crippen LogP) is 9.13. The Kier molecular flexibility index (Phi) is 5.10. The summed E-state index contributed by atoms with van der Waals surface area (Å²) in [7, 11) is 0. The zero-order valence-electron chi connectivity index (χ0n) is 23.0. The SMILES string of the molecule is Cc1ccc2ccc3nc(-c4cccc5c4oc4nc(C)c(C)cc45)n(-c4ccccc4-c4ccccc4)c3c2n1. The fourth-order valence-corrected chi connectivity index (χ4v) is 5.87. The normalized spacial score (nSPS) is 11.8. The molecule has 0 unspecified atom stereocenters. The fraction of sp³-hybridized carbons (Fsp3) is 0.0833. The number of furan rings is 1. The van der Waals surface area contributed by atoms with E-state index >= 15 is 0 Å². The second-order valence-electron chi connectivity index (χ2n) is 10.6. The van der Waals surface area contributed by atoms with E-state index in [9.17, 15) is 0 Å². The van der Waals surface area contributed by atoms with Gasteiger partial charge in [0.05, 0.1) is 27.8 Å². The highest BCUT2D eigenvalue weighted by Crippen LogP contribution is 2.40. The second kappa shape index (κ2) is 8.86. The quantitative estimate of drug-likeness (QED) is 0.229. The number of aryl methyl sites for hydroxylation is 3. The highest BCUT2D eigenvalue weighted by Gasteiger charge is 2.23. The van der Waals surface area contributed by atoms with Gasteiger partial charge in [0, 0.05) is 33.1 Å². The van der Waals surface area contributed by atoms with Gasteiger partial charge in [-0.15, -0.1) is 0 Å². The largest absolute Gasteiger partial charge is 0.437 e. The first-order chi connectivity index (χ1) is 20.1. The summed E-state index contributed by atoms with van der Waals surface area (Å²) in [6.07, 6.45) is 0. The van der Waals surface area contributed by atoms with E-state index in [0.29, 0.717) is 5.71 Å². The van der Waals surface area contributed by atoms with Crippen molar-refractivity contribution in [1.29, 1.82) is 0 Å². The number of para-hydroxylation sites is 2. The van der Waals surface area contributed by atoms with Crippen LogP contribution in [0.5, 0.6) is 0 Å². The smallest absolute Gasteiger partial charge is 0.227 e. The Balaban J connectivity index is 1.53. The van der Waals surface area contributed by atoms with Gasteiger partial charge in [-0.05, 0) is 62.2 Å². The molecule has 0 N–H and O–H groups in total. The zero-order chi connectivity index (χ0) is 27.7. The molecule has 0 aliphatic heterocycles. The molecule has 0 saturated heterocycles. The summed E-state index contributed by atoms with van der Waals surface area (Å²) in [5, 5.41) is 3.12. The summed E-state index contributed by atoms with van der Waals surface area (Å²) in [6.45, 7) is 6.14. The number of hydrogen-bond donors (Lipinski definition) is 0. The van der Waals surface area contributed by atoms with Gasteiger partial charge in [0.2, 0.25) is 5.71 Å². The summed E-state index contributed by atoms with van der Waals surface area (Å²) >= 11 is 0. The van der Waals surface area contributed by atoms with Crippen molar-refractivity contribution >= 4 is 44.0 Å². The average molecular weight is 531 g/mol. The number of imidazole rings is 1. The lowest BCUT2D eigenvalue weighted by Gasteiger charge is -2.16. The second-order valence-corrected chi connectivity index (χ2v) is 10.6. The first-order valence-corrected chi connectivity index (χ1v) is 13.8. The Labute approximate surface area is 236 Å². The Morgan fingerprint density at radius 2 is 1.44 bits per heavy atom. The van der Waals surface area contributed by atoms with E-state index in [4.69, 9.17) is 19.4 Å². The van der Waals surface area contributed by atoms with Crippen LogP contribution in [0.15, 0.2) is 108 Å². The topological polar surface area (TPSA) is 56.7 Å². The summed E-state index contributed by atoms with van der Waals surface area (Å²) in [6, 6.07) is 35.8. The van der Waals surface area contributed by atoms with Gasteiger partial charge in [0.15, 0.2) is 0 Å². The van der Waals surface area contributed by atoms with E-state index in [-0.39, 0.29) is 0 Å². The van der Waals surface area contributed by atoms with Crippen LogP contribution in [0, 0.1) is 20.8 Å². The molecule has 0 spiro atoms. The van der Waals surface area contributed by atoms with Crippen LogP contribution in [0.2, 0.25) is 0 Å². The van der Waals surface area contributed by atoms with Gasteiger partial charge in [0.1, 0.15) is 11.4 Å². The average Bonchev–Trinajstić information content (AvgIpc) is 3.56. The van der Waals surface area contributed by atoms with E-state index in [0.717, 1.165) is 83.4 Å². The van der Waals surface area contributed by atoms with Crippen LogP contribution in [0.3, 0.4) is 0 Å². The van der Waals surface area contributed by atoms with Crippen molar-refractivity contribution in [2.24, 2.45) is 0 Å². The third-order valence-electron chi connectivity index (χ3n) is 8.02. The highest BCUT2D eigenvalue weighted by atomic mass is 16.3. The Bertz CT molecular complexity index is 2290. The molecule has 0 aliphatic carbocycles. The van der Waals surface area contributed by atoms with Crippen LogP contribution in [0.4, 0.5) is 0 Å². The lowest BCUT2D eigenvalue weighted by atomic mass is 10.0. The molecule has 41 heavy (non-hydrogen) atoms.